The van der Waals surface area contributed by atoms with Crippen molar-refractivity contribution < 1.29 is 9.18 Å². The number of halogens is 1. The summed E-state index contributed by atoms with van der Waals surface area (Å²) >= 11 is 1.31. The van der Waals surface area contributed by atoms with Crippen molar-refractivity contribution in [3.8, 4) is 0 Å². The van der Waals surface area contributed by atoms with Gasteiger partial charge in [-0.05, 0) is 36.8 Å². The molecule has 0 spiro atoms. The maximum Gasteiger partial charge on any atom is 0.262 e. The summed E-state index contributed by atoms with van der Waals surface area (Å²) < 4.78 is 16.8. The van der Waals surface area contributed by atoms with Gasteiger partial charge in [0.05, 0.1) is 22.5 Å². The van der Waals surface area contributed by atoms with Crippen LogP contribution < -0.4 is 5.32 Å². The van der Waals surface area contributed by atoms with Gasteiger partial charge in [0.1, 0.15) is 11.6 Å². The number of rotatable bonds is 3. The first-order valence-corrected chi connectivity index (χ1v) is 8.74. The lowest BCUT2D eigenvalue weighted by Crippen LogP contribution is -2.24. The first kappa shape index (κ1) is 15.8. The summed E-state index contributed by atoms with van der Waals surface area (Å²) in [5, 5.41) is 3.43. The number of fused-ring (bicyclic) bond motifs is 2. The van der Waals surface area contributed by atoms with Crippen LogP contribution in [-0.2, 0) is 13.6 Å². The molecule has 1 amide bonds. The van der Waals surface area contributed by atoms with E-state index in [2.05, 4.69) is 10.3 Å². The number of hydrogen-bond acceptors (Lipinski definition) is 3. The van der Waals surface area contributed by atoms with E-state index < -0.39 is 0 Å². The maximum atomic E-state index is 14.0. The SMILES string of the molecule is Cc1c(C(=O)NCc2nc3ccccc3n2C)sc2cccc(F)c12. The molecule has 2 heterocycles. The van der Waals surface area contributed by atoms with Gasteiger partial charge in [0.25, 0.3) is 5.91 Å². The van der Waals surface area contributed by atoms with Crippen LogP contribution in [0, 0.1) is 12.7 Å². The van der Waals surface area contributed by atoms with Crippen molar-refractivity contribution in [2.24, 2.45) is 7.05 Å². The molecule has 4 aromatic rings. The van der Waals surface area contributed by atoms with Crippen LogP contribution in [0.4, 0.5) is 4.39 Å². The van der Waals surface area contributed by atoms with Crippen molar-refractivity contribution in [2.75, 3.05) is 0 Å². The second-order valence-corrected chi connectivity index (χ2v) is 6.98. The van der Waals surface area contributed by atoms with Crippen LogP contribution in [-0.4, -0.2) is 15.5 Å². The normalized spacial score (nSPS) is 11.3. The van der Waals surface area contributed by atoms with E-state index in [1.54, 1.807) is 13.0 Å². The van der Waals surface area contributed by atoms with E-state index >= 15 is 0 Å². The Morgan fingerprint density at radius 3 is 2.80 bits per heavy atom. The third kappa shape index (κ3) is 2.59. The molecule has 0 fully saturated rings. The minimum absolute atomic E-state index is 0.204. The maximum absolute atomic E-state index is 14.0. The lowest BCUT2D eigenvalue weighted by molar-refractivity contribution is 0.0953. The van der Waals surface area contributed by atoms with Crippen molar-refractivity contribution in [3.05, 3.63) is 64.5 Å². The van der Waals surface area contributed by atoms with Crippen molar-refractivity contribution >= 4 is 38.4 Å². The van der Waals surface area contributed by atoms with Gasteiger partial charge in [0, 0.05) is 17.1 Å². The molecule has 4 nitrogen and oxygen atoms in total. The largest absolute Gasteiger partial charge is 0.344 e. The van der Waals surface area contributed by atoms with Crippen molar-refractivity contribution in [1.82, 2.24) is 14.9 Å². The van der Waals surface area contributed by atoms with Crippen LogP contribution in [0.3, 0.4) is 0 Å². The fourth-order valence-corrected chi connectivity index (χ4v) is 4.20. The first-order chi connectivity index (χ1) is 12.1. The average Bonchev–Trinajstić information content (AvgIpc) is 3.12. The van der Waals surface area contributed by atoms with Gasteiger partial charge in [-0.15, -0.1) is 11.3 Å². The summed E-state index contributed by atoms with van der Waals surface area (Å²) in [5.41, 5.74) is 2.60. The van der Waals surface area contributed by atoms with Gasteiger partial charge in [-0.1, -0.05) is 18.2 Å². The number of carbonyl (C=O) groups is 1. The molecule has 25 heavy (non-hydrogen) atoms. The highest BCUT2D eigenvalue weighted by atomic mass is 32.1. The number of imidazole rings is 1. The second kappa shape index (κ2) is 5.97. The molecule has 0 atom stereocenters. The number of aromatic nitrogens is 2. The number of aryl methyl sites for hydroxylation is 2. The van der Waals surface area contributed by atoms with Crippen LogP contribution in [0.15, 0.2) is 42.5 Å². The van der Waals surface area contributed by atoms with E-state index in [9.17, 15) is 9.18 Å². The quantitative estimate of drug-likeness (QED) is 0.601. The van der Waals surface area contributed by atoms with Crippen LogP contribution in [0.25, 0.3) is 21.1 Å². The summed E-state index contributed by atoms with van der Waals surface area (Å²) in [4.78, 5) is 17.7. The number of thiophene rings is 1. The zero-order valence-electron chi connectivity index (χ0n) is 13.8. The van der Waals surface area contributed by atoms with Gasteiger partial charge in [0.2, 0.25) is 0 Å². The number of carbonyl (C=O) groups excluding carboxylic acids is 1. The molecule has 0 aliphatic rings. The minimum atomic E-state index is -0.291. The number of para-hydroxylation sites is 2. The lowest BCUT2D eigenvalue weighted by Gasteiger charge is -2.05. The highest BCUT2D eigenvalue weighted by molar-refractivity contribution is 7.21. The Morgan fingerprint density at radius 2 is 2.04 bits per heavy atom. The number of nitrogens with one attached hydrogen (secondary N) is 1. The van der Waals surface area contributed by atoms with E-state index in [-0.39, 0.29) is 11.7 Å². The van der Waals surface area contributed by atoms with Gasteiger partial charge in [-0.3, -0.25) is 4.79 Å². The van der Waals surface area contributed by atoms with Crippen LogP contribution in [0.1, 0.15) is 21.1 Å². The zero-order chi connectivity index (χ0) is 17.6. The molecule has 0 saturated carbocycles. The summed E-state index contributed by atoms with van der Waals surface area (Å²) in [6.45, 7) is 2.10. The van der Waals surface area contributed by atoms with E-state index in [0.717, 1.165) is 21.6 Å². The minimum Gasteiger partial charge on any atom is -0.344 e. The van der Waals surface area contributed by atoms with Gasteiger partial charge in [-0.25, -0.2) is 9.37 Å². The summed E-state index contributed by atoms with van der Waals surface area (Å²) in [6.07, 6.45) is 0. The Hall–Kier alpha value is -2.73. The number of amides is 1. The monoisotopic (exact) mass is 353 g/mol. The van der Waals surface area contributed by atoms with Crippen LogP contribution in [0.2, 0.25) is 0 Å². The average molecular weight is 353 g/mol. The highest BCUT2D eigenvalue weighted by Crippen LogP contribution is 2.32. The van der Waals surface area contributed by atoms with Crippen LogP contribution in [0.5, 0.6) is 0 Å². The molecular weight excluding hydrogens is 337 g/mol. The molecule has 0 aliphatic heterocycles. The molecule has 0 radical (unpaired) electrons. The number of benzene rings is 2. The van der Waals surface area contributed by atoms with Crippen molar-refractivity contribution in [3.63, 3.8) is 0 Å². The van der Waals surface area contributed by atoms with Gasteiger partial charge in [0.15, 0.2) is 0 Å². The number of hydrogen-bond donors (Lipinski definition) is 1. The van der Waals surface area contributed by atoms with Crippen molar-refractivity contribution in [1.29, 1.82) is 0 Å². The second-order valence-electron chi connectivity index (χ2n) is 5.93. The molecule has 0 aliphatic carbocycles. The number of nitrogens with zero attached hydrogens (tertiary/aromatic N) is 2. The molecule has 0 bridgehead atoms. The third-order valence-electron chi connectivity index (χ3n) is 4.40. The fourth-order valence-electron chi connectivity index (χ4n) is 3.06. The van der Waals surface area contributed by atoms with E-state index in [1.165, 1.54) is 17.4 Å². The standard InChI is InChI=1S/C19H16FN3OS/c1-11-17-12(20)6-5-9-15(17)25-18(11)19(24)21-10-16-22-13-7-3-4-8-14(13)23(16)2/h3-9H,10H2,1-2H3,(H,21,24). The molecular formula is C19H16FN3OS. The molecule has 1 N–H and O–H groups in total. The Labute approximate surface area is 147 Å². The van der Waals surface area contributed by atoms with E-state index in [4.69, 9.17) is 0 Å². The molecule has 6 heteroatoms. The van der Waals surface area contributed by atoms with E-state index in [1.807, 2.05) is 41.9 Å². The molecule has 0 unspecified atom stereocenters. The molecule has 0 saturated heterocycles. The summed E-state index contributed by atoms with van der Waals surface area (Å²) in [7, 11) is 1.93. The lowest BCUT2D eigenvalue weighted by atomic mass is 10.1. The molecule has 2 aromatic carbocycles. The van der Waals surface area contributed by atoms with Gasteiger partial charge in [-0.2, -0.15) is 0 Å². The topological polar surface area (TPSA) is 46.9 Å². The Morgan fingerprint density at radius 1 is 1.24 bits per heavy atom. The van der Waals surface area contributed by atoms with Crippen LogP contribution >= 0.6 is 11.3 Å². The Kier molecular flexibility index (Phi) is 3.77. The molecule has 126 valence electrons. The van der Waals surface area contributed by atoms with E-state index in [0.29, 0.717) is 22.4 Å². The predicted molar refractivity (Wildman–Crippen MR) is 98.4 cm³/mol. The highest BCUT2D eigenvalue weighted by Gasteiger charge is 2.18. The zero-order valence-corrected chi connectivity index (χ0v) is 14.7. The molecule has 4 rings (SSSR count). The molecule has 2 aromatic heterocycles. The smallest absolute Gasteiger partial charge is 0.262 e. The van der Waals surface area contributed by atoms with Crippen molar-refractivity contribution in [2.45, 2.75) is 13.5 Å². The predicted octanol–water partition coefficient (Wildman–Crippen LogP) is 4.17. The Balaban J connectivity index is 1.61. The van der Waals surface area contributed by atoms with Gasteiger partial charge < -0.3 is 9.88 Å². The summed E-state index contributed by atoms with van der Waals surface area (Å²) in [6, 6.07) is 12.7. The third-order valence-corrected chi connectivity index (χ3v) is 5.65. The Bertz CT molecular complexity index is 1110. The first-order valence-electron chi connectivity index (χ1n) is 7.92. The fraction of sp³-hybridized carbons (Fsp3) is 0.158. The summed E-state index contributed by atoms with van der Waals surface area (Å²) in [5.74, 6) is 0.283. The van der Waals surface area contributed by atoms with Gasteiger partial charge >= 0.3 is 0 Å².